The molecule has 3 aromatic carbocycles. The Morgan fingerprint density at radius 3 is 1.72 bits per heavy atom. The van der Waals surface area contributed by atoms with Crippen molar-refractivity contribution in [3.8, 4) is 0 Å². The van der Waals surface area contributed by atoms with Gasteiger partial charge in [-0.2, -0.15) is 8.42 Å². The second-order valence-electron chi connectivity index (χ2n) is 7.22. The molecule has 0 aromatic heterocycles. The first kappa shape index (κ1) is 21.3. The highest BCUT2D eigenvalue weighted by atomic mass is 32.2. The lowest BCUT2D eigenvalue weighted by atomic mass is 9.90. The number of nitrogens with two attached hydrogens (primary N) is 2. The van der Waals surface area contributed by atoms with Gasteiger partial charge in [0.1, 0.15) is 4.90 Å². The van der Waals surface area contributed by atoms with E-state index in [0.717, 1.165) is 22.3 Å². The van der Waals surface area contributed by atoms with Gasteiger partial charge in [0, 0.05) is 11.4 Å². The van der Waals surface area contributed by atoms with Crippen LogP contribution in [0.3, 0.4) is 0 Å². The molecule has 0 atom stereocenters. The van der Waals surface area contributed by atoms with Gasteiger partial charge in [0.15, 0.2) is 0 Å². The number of hydrogen-bond acceptors (Lipinski definition) is 5. The van der Waals surface area contributed by atoms with Crippen LogP contribution in [-0.4, -0.2) is 18.7 Å². The smallest absolute Gasteiger partial charge is 0.296 e. The molecule has 0 saturated carbocycles. The number of rotatable bonds is 4. The highest BCUT2D eigenvalue weighted by molar-refractivity contribution is 7.86. The number of para-hydroxylation sites is 1. The number of aliphatic imine (C=N–C) groups is 1. The largest absolute Gasteiger partial charge is 0.399 e. The second-order valence-corrected chi connectivity index (χ2v) is 8.61. The number of allylic oxidation sites excluding steroid dienone is 5. The fourth-order valence-electron chi connectivity index (χ4n) is 3.41. The summed E-state index contributed by atoms with van der Waals surface area (Å²) in [5.74, 6) is 0. The van der Waals surface area contributed by atoms with Crippen LogP contribution in [0.15, 0.2) is 113 Å². The van der Waals surface area contributed by atoms with E-state index in [4.69, 9.17) is 11.5 Å². The molecule has 32 heavy (non-hydrogen) atoms. The fourth-order valence-corrected chi connectivity index (χ4v) is 4.04. The van der Waals surface area contributed by atoms with Crippen molar-refractivity contribution in [2.45, 2.75) is 4.90 Å². The van der Waals surface area contributed by atoms with Crippen molar-refractivity contribution in [1.82, 2.24) is 0 Å². The summed E-state index contributed by atoms with van der Waals surface area (Å²) in [5, 5.41) is 0. The Morgan fingerprint density at radius 2 is 1.22 bits per heavy atom. The summed E-state index contributed by atoms with van der Waals surface area (Å²) in [7, 11) is -4.37. The molecule has 0 heterocycles. The number of hydrogen-bond donors (Lipinski definition) is 3. The van der Waals surface area contributed by atoms with Crippen LogP contribution in [0.1, 0.15) is 11.1 Å². The van der Waals surface area contributed by atoms with Gasteiger partial charge in [-0.25, -0.2) is 4.99 Å². The molecule has 0 spiro atoms. The minimum Gasteiger partial charge on any atom is -0.399 e. The first-order valence-electron chi connectivity index (χ1n) is 9.79. The molecular weight excluding hydrogens is 422 g/mol. The zero-order chi connectivity index (χ0) is 22.7. The van der Waals surface area contributed by atoms with E-state index in [9.17, 15) is 13.0 Å². The Morgan fingerprint density at radius 1 is 0.719 bits per heavy atom. The SMILES string of the molecule is Nc1ccc(C(=C2C=CC(=Nc3ccccc3S(=O)(=O)O)C=C2)c2ccc(N)cc2)cc1. The lowest BCUT2D eigenvalue weighted by molar-refractivity contribution is 0.483. The molecule has 0 bridgehead atoms. The van der Waals surface area contributed by atoms with Gasteiger partial charge in [0.2, 0.25) is 0 Å². The molecule has 3 aromatic rings. The maximum absolute atomic E-state index is 11.6. The van der Waals surface area contributed by atoms with E-state index >= 15 is 0 Å². The molecule has 4 rings (SSSR count). The maximum Gasteiger partial charge on any atom is 0.296 e. The van der Waals surface area contributed by atoms with Crippen molar-refractivity contribution in [3.63, 3.8) is 0 Å². The fraction of sp³-hybridized carbons (Fsp3) is 0. The second kappa shape index (κ2) is 8.66. The van der Waals surface area contributed by atoms with Gasteiger partial charge in [0.05, 0.1) is 11.4 Å². The Hall–Kier alpha value is -3.94. The molecule has 7 heteroatoms. The van der Waals surface area contributed by atoms with Crippen molar-refractivity contribution < 1.29 is 13.0 Å². The van der Waals surface area contributed by atoms with Crippen LogP contribution in [0.4, 0.5) is 17.1 Å². The first-order valence-corrected chi connectivity index (χ1v) is 11.2. The molecule has 0 fully saturated rings. The zero-order valence-corrected chi connectivity index (χ0v) is 17.8. The van der Waals surface area contributed by atoms with Crippen molar-refractivity contribution >= 4 is 38.5 Å². The lowest BCUT2D eigenvalue weighted by Crippen LogP contribution is -2.01. The molecule has 0 unspecified atom stereocenters. The van der Waals surface area contributed by atoms with Crippen LogP contribution in [0.25, 0.3) is 5.57 Å². The number of benzene rings is 3. The highest BCUT2D eigenvalue weighted by Gasteiger charge is 2.15. The summed E-state index contributed by atoms with van der Waals surface area (Å²) in [6.07, 6.45) is 7.42. The highest BCUT2D eigenvalue weighted by Crippen LogP contribution is 2.31. The van der Waals surface area contributed by atoms with E-state index in [2.05, 4.69) is 4.99 Å². The Kier molecular flexibility index (Phi) is 5.77. The molecule has 0 radical (unpaired) electrons. The summed E-state index contributed by atoms with van der Waals surface area (Å²) in [5.41, 5.74) is 17.7. The van der Waals surface area contributed by atoms with E-state index < -0.39 is 10.1 Å². The Labute approximate surface area is 186 Å². The van der Waals surface area contributed by atoms with Crippen molar-refractivity contribution in [2.24, 2.45) is 4.99 Å². The topological polar surface area (TPSA) is 119 Å². The third-order valence-electron chi connectivity index (χ3n) is 4.95. The number of anilines is 2. The summed E-state index contributed by atoms with van der Waals surface area (Å²) in [6.45, 7) is 0. The standard InChI is InChI=1S/C25H21N3O3S/c26-20-11-5-17(6-12-20)25(18-7-13-21(27)14-8-18)19-9-15-22(16-10-19)28-23-3-1-2-4-24(23)32(29,30)31/h1-16H,26-27H2,(H,29,30,31). The molecule has 1 aliphatic carbocycles. The van der Waals surface area contributed by atoms with E-state index in [0.29, 0.717) is 17.1 Å². The molecular formula is C25H21N3O3S. The Bertz CT molecular complexity index is 1320. The van der Waals surface area contributed by atoms with Crippen LogP contribution in [0.2, 0.25) is 0 Å². The average molecular weight is 444 g/mol. The predicted octanol–water partition coefficient (Wildman–Crippen LogP) is 4.80. The van der Waals surface area contributed by atoms with Gasteiger partial charge in [-0.1, -0.05) is 48.6 Å². The van der Waals surface area contributed by atoms with E-state index in [1.165, 1.54) is 18.2 Å². The normalized spacial score (nSPS) is 13.3. The quantitative estimate of drug-likeness (QED) is 0.395. The van der Waals surface area contributed by atoms with E-state index in [-0.39, 0.29) is 10.6 Å². The molecule has 5 N–H and O–H groups in total. The summed E-state index contributed by atoms with van der Waals surface area (Å²) in [6, 6.07) is 21.3. The van der Waals surface area contributed by atoms with Gasteiger partial charge in [0.25, 0.3) is 10.1 Å². The van der Waals surface area contributed by atoms with Gasteiger partial charge in [-0.3, -0.25) is 4.55 Å². The first-order chi connectivity index (χ1) is 15.3. The molecule has 0 aliphatic heterocycles. The van der Waals surface area contributed by atoms with Gasteiger partial charge in [-0.05, 0) is 70.8 Å². The van der Waals surface area contributed by atoms with Crippen molar-refractivity contribution in [3.05, 3.63) is 114 Å². The zero-order valence-electron chi connectivity index (χ0n) is 17.0. The van der Waals surface area contributed by atoms with E-state index in [1.54, 1.807) is 18.2 Å². The minimum absolute atomic E-state index is 0.170. The van der Waals surface area contributed by atoms with Crippen LogP contribution >= 0.6 is 0 Å². The average Bonchev–Trinajstić information content (AvgIpc) is 2.77. The monoisotopic (exact) mass is 443 g/mol. The molecule has 1 aliphatic rings. The summed E-state index contributed by atoms with van der Waals surface area (Å²) >= 11 is 0. The van der Waals surface area contributed by atoms with Crippen LogP contribution in [0.5, 0.6) is 0 Å². The maximum atomic E-state index is 11.6. The molecule has 6 nitrogen and oxygen atoms in total. The van der Waals surface area contributed by atoms with Gasteiger partial charge >= 0.3 is 0 Å². The van der Waals surface area contributed by atoms with Crippen LogP contribution < -0.4 is 11.5 Å². The Balaban J connectivity index is 1.77. The molecule has 160 valence electrons. The minimum atomic E-state index is -4.37. The predicted molar refractivity (Wildman–Crippen MR) is 129 cm³/mol. The van der Waals surface area contributed by atoms with Crippen LogP contribution in [0, 0.1) is 0 Å². The van der Waals surface area contributed by atoms with Gasteiger partial charge in [-0.15, -0.1) is 0 Å². The third-order valence-corrected chi connectivity index (χ3v) is 5.85. The molecule has 0 amide bonds. The van der Waals surface area contributed by atoms with Crippen molar-refractivity contribution in [1.29, 1.82) is 0 Å². The summed E-state index contributed by atoms with van der Waals surface area (Å²) in [4.78, 5) is 4.16. The third kappa shape index (κ3) is 4.69. The van der Waals surface area contributed by atoms with Crippen LogP contribution in [-0.2, 0) is 10.1 Å². The van der Waals surface area contributed by atoms with E-state index in [1.807, 2.05) is 60.7 Å². The molecule has 0 saturated heterocycles. The number of nitrogens with zero attached hydrogens (tertiary/aromatic N) is 1. The van der Waals surface area contributed by atoms with Gasteiger partial charge < -0.3 is 11.5 Å². The number of nitrogen functional groups attached to an aromatic ring is 2. The lowest BCUT2D eigenvalue weighted by Gasteiger charge is -2.14. The summed E-state index contributed by atoms with van der Waals surface area (Å²) < 4.78 is 32.7. The van der Waals surface area contributed by atoms with Crippen molar-refractivity contribution in [2.75, 3.05) is 11.5 Å².